The van der Waals surface area contributed by atoms with E-state index < -0.39 is 11.8 Å². The topological polar surface area (TPSA) is 87.2 Å². The van der Waals surface area contributed by atoms with Gasteiger partial charge in [-0.1, -0.05) is 36.7 Å². The number of likely N-dealkylation sites (tertiary alicyclic amines) is 1. The Hall–Kier alpha value is -2.97. The fourth-order valence-corrected chi connectivity index (χ4v) is 5.89. The van der Waals surface area contributed by atoms with E-state index in [0.29, 0.717) is 25.3 Å². The van der Waals surface area contributed by atoms with Crippen LogP contribution in [0.3, 0.4) is 0 Å². The maximum Gasteiger partial charge on any atom is 0.306 e. The first-order valence-corrected chi connectivity index (χ1v) is 14.5. The SMILES string of the molecule is CCc1cc(CN(C[C@H]2CC[C@H](C(=O)O)CC2)[C@H](C)c2ccc(Cl)c(F)c2)ccc1OCCN1C(=O)CCC1=O. The highest BCUT2D eigenvalue weighted by atomic mass is 35.5. The summed E-state index contributed by atoms with van der Waals surface area (Å²) in [6.07, 6.45) is 4.35. The largest absolute Gasteiger partial charge is 0.491 e. The van der Waals surface area contributed by atoms with Gasteiger partial charge in [0.1, 0.15) is 18.2 Å². The Morgan fingerprint density at radius 3 is 2.45 bits per heavy atom. The highest BCUT2D eigenvalue weighted by Gasteiger charge is 2.30. The zero-order valence-corrected chi connectivity index (χ0v) is 24.0. The van der Waals surface area contributed by atoms with Gasteiger partial charge in [-0.15, -0.1) is 0 Å². The summed E-state index contributed by atoms with van der Waals surface area (Å²) in [5, 5.41) is 9.49. The molecule has 2 aromatic carbocycles. The first kappa shape index (κ1) is 30.0. The molecule has 4 rings (SSSR count). The molecule has 1 atom stereocenters. The van der Waals surface area contributed by atoms with Gasteiger partial charge in [0.15, 0.2) is 0 Å². The third-order valence-electron chi connectivity index (χ3n) is 8.28. The van der Waals surface area contributed by atoms with Crippen molar-refractivity contribution in [3.05, 3.63) is 63.9 Å². The first-order chi connectivity index (χ1) is 19.2. The Labute approximate surface area is 240 Å². The summed E-state index contributed by atoms with van der Waals surface area (Å²) in [6, 6.07) is 10.9. The number of carbonyl (C=O) groups is 3. The molecule has 1 saturated carbocycles. The molecule has 9 heteroatoms. The Balaban J connectivity index is 1.47. The fraction of sp³-hybridized carbons (Fsp3) is 0.516. The molecule has 1 saturated heterocycles. The van der Waals surface area contributed by atoms with Crippen LogP contribution in [0, 0.1) is 17.7 Å². The van der Waals surface area contributed by atoms with Crippen molar-refractivity contribution in [1.29, 1.82) is 0 Å². The monoisotopic (exact) mass is 572 g/mol. The number of aliphatic carboxylic acids is 1. The Bertz CT molecular complexity index is 1210. The minimum absolute atomic E-state index is 0.0829. The van der Waals surface area contributed by atoms with Gasteiger partial charge < -0.3 is 9.84 Å². The summed E-state index contributed by atoms with van der Waals surface area (Å²) >= 11 is 5.94. The molecule has 2 aromatic rings. The number of carbonyl (C=O) groups excluding carboxylic acids is 2. The van der Waals surface area contributed by atoms with Gasteiger partial charge in [-0.2, -0.15) is 0 Å². The summed E-state index contributed by atoms with van der Waals surface area (Å²) in [4.78, 5) is 38.8. The van der Waals surface area contributed by atoms with Crippen LogP contribution in [0.15, 0.2) is 36.4 Å². The van der Waals surface area contributed by atoms with Crippen molar-refractivity contribution < 1.29 is 28.6 Å². The van der Waals surface area contributed by atoms with Crippen molar-refractivity contribution in [2.75, 3.05) is 19.7 Å². The predicted octanol–water partition coefficient (Wildman–Crippen LogP) is 6.02. The van der Waals surface area contributed by atoms with Gasteiger partial charge in [0, 0.05) is 32.0 Å². The molecule has 0 bridgehead atoms. The Kier molecular flexibility index (Phi) is 10.2. The van der Waals surface area contributed by atoms with E-state index in [0.717, 1.165) is 48.2 Å². The Morgan fingerprint density at radius 1 is 1.12 bits per heavy atom. The second-order valence-corrected chi connectivity index (χ2v) is 11.3. The summed E-state index contributed by atoms with van der Waals surface area (Å²) in [5.74, 6) is -0.629. The van der Waals surface area contributed by atoms with Gasteiger partial charge in [-0.05, 0) is 79.8 Å². The number of carboxylic acids is 1. The minimum atomic E-state index is -0.714. The second kappa shape index (κ2) is 13.6. The quantitative estimate of drug-likeness (QED) is 0.313. The average molecular weight is 573 g/mol. The van der Waals surface area contributed by atoms with E-state index in [9.17, 15) is 23.9 Å². The van der Waals surface area contributed by atoms with Crippen molar-refractivity contribution in [3.8, 4) is 5.75 Å². The van der Waals surface area contributed by atoms with Crippen LogP contribution in [0.5, 0.6) is 5.75 Å². The third kappa shape index (κ3) is 7.40. The molecule has 2 fully saturated rings. The van der Waals surface area contributed by atoms with Gasteiger partial charge in [0.25, 0.3) is 0 Å². The molecular weight excluding hydrogens is 535 g/mol. The van der Waals surface area contributed by atoms with Crippen LogP contribution in [0.25, 0.3) is 0 Å². The van der Waals surface area contributed by atoms with Gasteiger partial charge in [-0.3, -0.25) is 24.2 Å². The van der Waals surface area contributed by atoms with Crippen LogP contribution < -0.4 is 4.74 Å². The lowest BCUT2D eigenvalue weighted by Gasteiger charge is -2.35. The molecule has 7 nitrogen and oxygen atoms in total. The number of hydrogen-bond acceptors (Lipinski definition) is 5. The molecule has 40 heavy (non-hydrogen) atoms. The molecule has 0 radical (unpaired) electrons. The molecule has 2 amide bonds. The maximum absolute atomic E-state index is 14.3. The van der Waals surface area contributed by atoms with E-state index in [1.807, 2.05) is 18.2 Å². The van der Waals surface area contributed by atoms with Crippen LogP contribution in [0.2, 0.25) is 5.02 Å². The van der Waals surface area contributed by atoms with Crippen molar-refractivity contribution in [1.82, 2.24) is 9.80 Å². The standard InChI is InChI=1S/C31H38ClFN2O5/c1-3-23-16-22(6-11-28(23)40-15-14-35-29(36)12-13-30(35)37)19-34(18-21-4-7-24(8-5-21)31(38)39)20(2)25-9-10-26(32)27(33)17-25/h6,9-11,16-17,20-21,24H,3-5,7-8,12-15,18-19H2,1-2H3,(H,38,39)/t20-,21-,24-/m1/s1. The van der Waals surface area contributed by atoms with Gasteiger partial charge >= 0.3 is 5.97 Å². The van der Waals surface area contributed by atoms with Gasteiger partial charge in [0.05, 0.1) is 17.5 Å². The van der Waals surface area contributed by atoms with Crippen LogP contribution in [0.1, 0.15) is 75.1 Å². The van der Waals surface area contributed by atoms with E-state index >= 15 is 0 Å². The van der Waals surface area contributed by atoms with Gasteiger partial charge in [-0.25, -0.2) is 4.39 Å². The molecule has 1 aliphatic heterocycles. The highest BCUT2D eigenvalue weighted by molar-refractivity contribution is 6.30. The van der Waals surface area contributed by atoms with Crippen molar-refractivity contribution >= 4 is 29.4 Å². The zero-order chi connectivity index (χ0) is 28.8. The van der Waals surface area contributed by atoms with Gasteiger partial charge in [0.2, 0.25) is 11.8 Å². The number of hydrogen-bond donors (Lipinski definition) is 1. The number of halogens is 2. The zero-order valence-electron chi connectivity index (χ0n) is 23.2. The van der Waals surface area contributed by atoms with Crippen LogP contribution >= 0.6 is 11.6 Å². The molecule has 2 aliphatic rings. The third-order valence-corrected chi connectivity index (χ3v) is 8.59. The van der Waals surface area contributed by atoms with Crippen LogP contribution in [-0.2, 0) is 27.3 Å². The van der Waals surface area contributed by atoms with E-state index in [-0.39, 0.29) is 54.8 Å². The number of ether oxygens (including phenoxy) is 1. The summed E-state index contributed by atoms with van der Waals surface area (Å²) < 4.78 is 20.3. The lowest BCUT2D eigenvalue weighted by molar-refractivity contribution is -0.143. The smallest absolute Gasteiger partial charge is 0.306 e. The van der Waals surface area contributed by atoms with Crippen LogP contribution in [-0.4, -0.2) is 52.4 Å². The number of imide groups is 1. The van der Waals surface area contributed by atoms with E-state index in [1.165, 1.54) is 11.0 Å². The first-order valence-electron chi connectivity index (χ1n) is 14.2. The van der Waals surface area contributed by atoms with E-state index in [4.69, 9.17) is 16.3 Å². The molecule has 0 aromatic heterocycles. The van der Waals surface area contributed by atoms with E-state index in [2.05, 4.69) is 24.8 Å². The number of carboxylic acid groups (broad SMARTS) is 1. The van der Waals surface area contributed by atoms with Crippen molar-refractivity contribution in [3.63, 3.8) is 0 Å². The molecule has 1 aliphatic carbocycles. The van der Waals surface area contributed by atoms with Crippen molar-refractivity contribution in [2.24, 2.45) is 11.8 Å². The number of aryl methyl sites for hydroxylation is 1. The molecule has 216 valence electrons. The second-order valence-electron chi connectivity index (χ2n) is 10.9. The van der Waals surface area contributed by atoms with Crippen LogP contribution in [0.4, 0.5) is 4.39 Å². The predicted molar refractivity (Wildman–Crippen MR) is 151 cm³/mol. The average Bonchev–Trinajstić information content (AvgIpc) is 3.27. The Morgan fingerprint density at radius 2 is 1.82 bits per heavy atom. The molecule has 0 spiro atoms. The fourth-order valence-electron chi connectivity index (χ4n) is 5.77. The normalized spacial score (nSPS) is 20.3. The summed E-state index contributed by atoms with van der Waals surface area (Å²) in [7, 11) is 0. The van der Waals surface area contributed by atoms with Crippen molar-refractivity contribution in [2.45, 2.75) is 71.4 Å². The molecule has 1 heterocycles. The maximum atomic E-state index is 14.3. The number of benzene rings is 2. The summed E-state index contributed by atoms with van der Waals surface area (Å²) in [6.45, 7) is 6.01. The molecule has 1 N–H and O–H groups in total. The number of amides is 2. The number of nitrogens with zero attached hydrogens (tertiary/aromatic N) is 2. The highest BCUT2D eigenvalue weighted by Crippen LogP contribution is 2.33. The molecule has 0 unspecified atom stereocenters. The summed E-state index contributed by atoms with van der Waals surface area (Å²) in [5.41, 5.74) is 2.96. The lowest BCUT2D eigenvalue weighted by atomic mass is 9.81. The lowest BCUT2D eigenvalue weighted by Crippen LogP contribution is -2.34. The number of rotatable bonds is 12. The van der Waals surface area contributed by atoms with E-state index in [1.54, 1.807) is 6.07 Å². The minimum Gasteiger partial charge on any atom is -0.491 e. The molecular formula is C31H38ClFN2O5.